The number of aromatic carboxylic acids is 1. The third-order valence-electron chi connectivity index (χ3n) is 2.84. The SMILES string of the molecule is CC(C)Oc1cccc(-c2csc3nnc(C(=O)O)n23)c1. The molecule has 0 atom stereocenters. The lowest BCUT2D eigenvalue weighted by Gasteiger charge is -2.10. The molecule has 0 saturated heterocycles. The van der Waals surface area contributed by atoms with Crippen LogP contribution in [0.1, 0.15) is 24.5 Å². The largest absolute Gasteiger partial charge is 0.491 e. The molecule has 0 amide bonds. The summed E-state index contributed by atoms with van der Waals surface area (Å²) in [6, 6.07) is 7.53. The molecule has 1 N–H and O–H groups in total. The zero-order chi connectivity index (χ0) is 15.0. The summed E-state index contributed by atoms with van der Waals surface area (Å²) in [4.78, 5) is 11.8. The summed E-state index contributed by atoms with van der Waals surface area (Å²) in [6.07, 6.45) is 0.0761. The van der Waals surface area contributed by atoms with Gasteiger partial charge in [0, 0.05) is 10.9 Å². The average molecular weight is 303 g/mol. The topological polar surface area (TPSA) is 76.7 Å². The van der Waals surface area contributed by atoms with E-state index in [2.05, 4.69) is 10.2 Å². The molecule has 3 rings (SSSR count). The first-order valence-corrected chi connectivity index (χ1v) is 7.27. The Morgan fingerprint density at radius 3 is 2.90 bits per heavy atom. The predicted octanol–water partition coefficient (Wildman–Crippen LogP) is 2.94. The molecule has 0 aliphatic carbocycles. The normalized spacial score (nSPS) is 11.2. The molecule has 6 nitrogen and oxygen atoms in total. The van der Waals surface area contributed by atoms with Crippen molar-refractivity contribution < 1.29 is 14.6 Å². The van der Waals surface area contributed by atoms with Crippen LogP contribution in [0.25, 0.3) is 16.2 Å². The molecule has 0 fully saturated rings. The maximum absolute atomic E-state index is 11.2. The van der Waals surface area contributed by atoms with Gasteiger partial charge < -0.3 is 9.84 Å². The molecule has 0 saturated carbocycles. The smallest absolute Gasteiger partial charge is 0.374 e. The molecule has 0 aliphatic rings. The molecule has 2 aromatic heterocycles. The Morgan fingerprint density at radius 2 is 2.19 bits per heavy atom. The van der Waals surface area contributed by atoms with E-state index in [-0.39, 0.29) is 11.9 Å². The van der Waals surface area contributed by atoms with Gasteiger partial charge in [-0.25, -0.2) is 4.79 Å². The zero-order valence-corrected chi connectivity index (χ0v) is 12.3. The van der Waals surface area contributed by atoms with Gasteiger partial charge in [-0.1, -0.05) is 12.1 Å². The Balaban J connectivity index is 2.12. The average Bonchev–Trinajstić information content (AvgIpc) is 2.98. The molecule has 3 aromatic rings. The minimum absolute atomic E-state index is 0.0761. The van der Waals surface area contributed by atoms with Crippen molar-refractivity contribution in [3.05, 3.63) is 35.5 Å². The summed E-state index contributed by atoms with van der Waals surface area (Å²) in [6.45, 7) is 3.91. The third kappa shape index (κ3) is 2.47. The second-order valence-corrected chi connectivity index (χ2v) is 5.60. The van der Waals surface area contributed by atoms with Crippen molar-refractivity contribution in [2.45, 2.75) is 20.0 Å². The van der Waals surface area contributed by atoms with Gasteiger partial charge in [0.25, 0.3) is 0 Å². The molecule has 0 radical (unpaired) electrons. The van der Waals surface area contributed by atoms with Crippen LogP contribution >= 0.6 is 11.3 Å². The Hall–Kier alpha value is -2.41. The van der Waals surface area contributed by atoms with E-state index in [0.717, 1.165) is 17.0 Å². The Morgan fingerprint density at radius 1 is 1.38 bits per heavy atom. The van der Waals surface area contributed by atoms with E-state index in [1.54, 1.807) is 4.40 Å². The van der Waals surface area contributed by atoms with Crippen LogP contribution in [0.4, 0.5) is 0 Å². The lowest BCUT2D eigenvalue weighted by Crippen LogP contribution is -2.06. The Kier molecular flexibility index (Phi) is 3.34. The highest BCUT2D eigenvalue weighted by molar-refractivity contribution is 7.15. The van der Waals surface area contributed by atoms with Crippen LogP contribution in [0.3, 0.4) is 0 Å². The summed E-state index contributed by atoms with van der Waals surface area (Å²) in [5, 5.41) is 18.6. The van der Waals surface area contributed by atoms with Gasteiger partial charge in [0.05, 0.1) is 11.8 Å². The number of benzene rings is 1. The maximum Gasteiger partial charge on any atom is 0.374 e. The first kappa shape index (κ1) is 13.6. The number of carbonyl (C=O) groups is 1. The number of hydrogen-bond donors (Lipinski definition) is 1. The van der Waals surface area contributed by atoms with Crippen molar-refractivity contribution in [3.8, 4) is 17.0 Å². The number of aromatic nitrogens is 3. The molecule has 108 valence electrons. The van der Waals surface area contributed by atoms with E-state index in [0.29, 0.717) is 4.96 Å². The molecule has 21 heavy (non-hydrogen) atoms. The van der Waals surface area contributed by atoms with Crippen molar-refractivity contribution in [1.82, 2.24) is 14.6 Å². The number of carboxylic acid groups (broad SMARTS) is 1. The summed E-state index contributed by atoms with van der Waals surface area (Å²) in [5.74, 6) is -0.444. The van der Waals surface area contributed by atoms with E-state index in [4.69, 9.17) is 4.74 Å². The molecule has 0 aliphatic heterocycles. The number of ether oxygens (including phenoxy) is 1. The molecule has 0 spiro atoms. The summed E-state index contributed by atoms with van der Waals surface area (Å²) in [5.41, 5.74) is 1.60. The molecule has 0 unspecified atom stereocenters. The molecular weight excluding hydrogens is 290 g/mol. The summed E-state index contributed by atoms with van der Waals surface area (Å²) < 4.78 is 7.21. The highest BCUT2D eigenvalue weighted by Gasteiger charge is 2.18. The highest BCUT2D eigenvalue weighted by atomic mass is 32.1. The number of nitrogens with zero attached hydrogens (tertiary/aromatic N) is 3. The standard InChI is InChI=1S/C14H13N3O3S/c1-8(2)20-10-5-3-4-9(6-10)11-7-21-14-16-15-12(13(18)19)17(11)14/h3-8H,1-2H3,(H,18,19). The van der Waals surface area contributed by atoms with Gasteiger partial charge in [0.15, 0.2) is 0 Å². The molecule has 0 bridgehead atoms. The number of thiazole rings is 1. The van der Waals surface area contributed by atoms with Gasteiger partial charge in [-0.15, -0.1) is 21.5 Å². The minimum atomic E-state index is -1.10. The minimum Gasteiger partial charge on any atom is -0.491 e. The van der Waals surface area contributed by atoms with Crippen LogP contribution in [-0.2, 0) is 0 Å². The van der Waals surface area contributed by atoms with Crippen LogP contribution in [0, 0.1) is 0 Å². The van der Waals surface area contributed by atoms with Gasteiger partial charge in [0.2, 0.25) is 10.8 Å². The molecule has 2 heterocycles. The second kappa shape index (κ2) is 5.17. The first-order valence-electron chi connectivity index (χ1n) is 6.39. The number of carboxylic acids is 1. The molecule has 1 aromatic carbocycles. The van der Waals surface area contributed by atoms with E-state index >= 15 is 0 Å². The Bertz CT molecular complexity index is 807. The maximum atomic E-state index is 11.2. The fourth-order valence-electron chi connectivity index (χ4n) is 2.06. The van der Waals surface area contributed by atoms with E-state index in [9.17, 15) is 9.90 Å². The van der Waals surface area contributed by atoms with Crippen LogP contribution < -0.4 is 4.74 Å². The van der Waals surface area contributed by atoms with Crippen LogP contribution in [0.5, 0.6) is 5.75 Å². The number of rotatable bonds is 4. The fraction of sp³-hybridized carbons (Fsp3) is 0.214. The van der Waals surface area contributed by atoms with Crippen LogP contribution in [0.15, 0.2) is 29.6 Å². The zero-order valence-electron chi connectivity index (χ0n) is 11.5. The Labute approximate surface area is 124 Å². The van der Waals surface area contributed by atoms with Crippen LogP contribution in [-0.4, -0.2) is 31.8 Å². The first-order chi connectivity index (χ1) is 10.1. The third-order valence-corrected chi connectivity index (χ3v) is 3.66. The fourth-order valence-corrected chi connectivity index (χ4v) is 2.90. The van der Waals surface area contributed by atoms with Crippen molar-refractivity contribution in [1.29, 1.82) is 0 Å². The lowest BCUT2D eigenvalue weighted by molar-refractivity contribution is 0.0682. The lowest BCUT2D eigenvalue weighted by atomic mass is 10.1. The molecular formula is C14H13N3O3S. The van der Waals surface area contributed by atoms with Gasteiger partial charge in [-0.3, -0.25) is 4.40 Å². The summed E-state index contributed by atoms with van der Waals surface area (Å²) >= 11 is 1.35. The van der Waals surface area contributed by atoms with Crippen LogP contribution in [0.2, 0.25) is 0 Å². The predicted molar refractivity (Wildman–Crippen MR) is 79.0 cm³/mol. The van der Waals surface area contributed by atoms with Gasteiger partial charge in [0.1, 0.15) is 5.75 Å². The number of hydrogen-bond acceptors (Lipinski definition) is 5. The van der Waals surface area contributed by atoms with Gasteiger partial charge in [-0.2, -0.15) is 0 Å². The van der Waals surface area contributed by atoms with Crippen molar-refractivity contribution in [3.63, 3.8) is 0 Å². The van der Waals surface area contributed by atoms with E-state index in [1.807, 2.05) is 43.5 Å². The van der Waals surface area contributed by atoms with Gasteiger partial charge >= 0.3 is 5.97 Å². The number of fused-ring (bicyclic) bond motifs is 1. The van der Waals surface area contributed by atoms with Crippen molar-refractivity contribution in [2.24, 2.45) is 0 Å². The van der Waals surface area contributed by atoms with E-state index in [1.165, 1.54) is 11.3 Å². The van der Waals surface area contributed by atoms with Gasteiger partial charge in [-0.05, 0) is 26.0 Å². The van der Waals surface area contributed by atoms with E-state index < -0.39 is 5.97 Å². The van der Waals surface area contributed by atoms with Crippen molar-refractivity contribution >= 4 is 22.3 Å². The quantitative estimate of drug-likeness (QED) is 0.802. The monoisotopic (exact) mass is 303 g/mol. The second-order valence-electron chi connectivity index (χ2n) is 4.76. The molecule has 7 heteroatoms. The van der Waals surface area contributed by atoms with Crippen molar-refractivity contribution in [2.75, 3.05) is 0 Å². The summed E-state index contributed by atoms with van der Waals surface area (Å²) in [7, 11) is 0. The highest BCUT2D eigenvalue weighted by Crippen LogP contribution is 2.29.